The molecule has 1 fully saturated rings. The van der Waals surface area contributed by atoms with Crippen LogP contribution in [0.1, 0.15) is 11.3 Å². The summed E-state index contributed by atoms with van der Waals surface area (Å²) in [4.78, 5) is 2.32. The van der Waals surface area contributed by atoms with Crippen LogP contribution in [0.5, 0.6) is 17.2 Å². The minimum absolute atomic E-state index is 0.143. The van der Waals surface area contributed by atoms with Gasteiger partial charge in [-0.2, -0.15) is 4.31 Å². The summed E-state index contributed by atoms with van der Waals surface area (Å²) in [7, 11) is 1.03. The highest BCUT2D eigenvalue weighted by atomic mass is 32.2. The van der Waals surface area contributed by atoms with Gasteiger partial charge in [-0.15, -0.1) is 0 Å². The van der Waals surface area contributed by atoms with Gasteiger partial charge in [-0.1, -0.05) is 11.2 Å². The predicted octanol–water partition coefficient (Wildman–Crippen LogP) is 2.78. The summed E-state index contributed by atoms with van der Waals surface area (Å²) in [6.45, 7) is 4.09. The summed E-state index contributed by atoms with van der Waals surface area (Å²) >= 11 is 0. The molecule has 1 aromatic carbocycles. The molecule has 0 amide bonds. The molecule has 1 aliphatic rings. The van der Waals surface area contributed by atoms with E-state index in [1.54, 1.807) is 34.3 Å². The molecule has 0 spiro atoms. The Morgan fingerprint density at radius 2 is 1.70 bits per heavy atom. The van der Waals surface area contributed by atoms with E-state index >= 15 is 0 Å². The number of benzene rings is 1. The second-order valence-corrected chi connectivity index (χ2v) is 9.49. The lowest BCUT2D eigenvalue weighted by molar-refractivity contribution is 0.179. The number of aromatic nitrogens is 1. The average Bonchev–Trinajstić information content (AvgIpc) is 3.49. The Balaban J connectivity index is 1.46. The van der Waals surface area contributed by atoms with Gasteiger partial charge < -0.3 is 23.2 Å². The van der Waals surface area contributed by atoms with E-state index in [9.17, 15) is 8.42 Å². The lowest BCUT2D eigenvalue weighted by atomic mass is 10.1. The van der Waals surface area contributed by atoms with E-state index in [1.165, 1.54) is 16.6 Å². The van der Waals surface area contributed by atoms with Crippen molar-refractivity contribution in [1.82, 2.24) is 14.4 Å². The van der Waals surface area contributed by atoms with Crippen LogP contribution in [0.2, 0.25) is 0 Å². The highest BCUT2D eigenvalue weighted by Crippen LogP contribution is 2.40. The number of rotatable bonds is 8. The number of aryl methyl sites for hydroxylation is 1. The number of furan rings is 1. The van der Waals surface area contributed by atoms with Crippen LogP contribution in [-0.2, 0) is 16.6 Å². The number of nitrogens with zero attached hydrogens (tertiary/aromatic N) is 3. The Morgan fingerprint density at radius 1 is 0.970 bits per heavy atom. The average molecular weight is 478 g/mol. The summed E-state index contributed by atoms with van der Waals surface area (Å²) < 4.78 is 55.1. The fourth-order valence-electron chi connectivity index (χ4n) is 3.98. The monoisotopic (exact) mass is 477 g/mol. The molecule has 10 nitrogen and oxygen atoms in total. The standard InChI is InChI=1S/C22H27N3O7S/c1-15-20(13-19(31-15)17-7-8-23-32-17)33(26,27)25-11-9-24(10-12-25)14-16-5-6-18(28-2)22(30-4)21(16)29-3/h5-8,13H,9-12,14H2,1-4H3. The van der Waals surface area contributed by atoms with E-state index in [0.717, 1.165) is 5.56 Å². The third-order valence-electron chi connectivity index (χ3n) is 5.68. The van der Waals surface area contributed by atoms with Crippen molar-refractivity contribution in [3.05, 3.63) is 41.8 Å². The molecular formula is C22H27N3O7S. The fraction of sp³-hybridized carbons (Fsp3) is 0.409. The van der Waals surface area contributed by atoms with Crippen LogP contribution in [0.4, 0.5) is 0 Å². The number of sulfonamides is 1. The molecule has 3 heterocycles. The Kier molecular flexibility index (Phi) is 6.63. The Labute approximate surface area is 192 Å². The van der Waals surface area contributed by atoms with Crippen LogP contribution < -0.4 is 14.2 Å². The van der Waals surface area contributed by atoms with Crippen molar-refractivity contribution in [3.63, 3.8) is 0 Å². The van der Waals surface area contributed by atoms with E-state index in [1.807, 2.05) is 12.1 Å². The van der Waals surface area contributed by atoms with Crippen LogP contribution in [0.25, 0.3) is 11.5 Å². The molecule has 0 saturated carbocycles. The molecule has 4 rings (SSSR count). The normalized spacial score (nSPS) is 15.5. The van der Waals surface area contributed by atoms with Gasteiger partial charge in [0.2, 0.25) is 21.5 Å². The number of hydrogen-bond donors (Lipinski definition) is 0. The van der Waals surface area contributed by atoms with Crippen molar-refractivity contribution in [2.75, 3.05) is 47.5 Å². The second-order valence-electron chi connectivity index (χ2n) is 7.58. The van der Waals surface area contributed by atoms with Gasteiger partial charge in [0.15, 0.2) is 17.3 Å². The first-order chi connectivity index (χ1) is 15.9. The highest BCUT2D eigenvalue weighted by molar-refractivity contribution is 7.89. The molecule has 0 unspecified atom stereocenters. The van der Waals surface area contributed by atoms with Crippen molar-refractivity contribution in [2.45, 2.75) is 18.4 Å². The van der Waals surface area contributed by atoms with Crippen LogP contribution in [-0.4, -0.2) is 70.3 Å². The second kappa shape index (κ2) is 9.46. The number of methoxy groups -OCH3 is 3. The van der Waals surface area contributed by atoms with Crippen LogP contribution >= 0.6 is 0 Å². The molecule has 178 valence electrons. The first-order valence-corrected chi connectivity index (χ1v) is 11.8. The third-order valence-corrected chi connectivity index (χ3v) is 7.69. The molecule has 0 radical (unpaired) electrons. The summed E-state index contributed by atoms with van der Waals surface area (Å²) in [5.41, 5.74) is 0.939. The third kappa shape index (κ3) is 4.43. The van der Waals surface area contributed by atoms with Crippen molar-refractivity contribution in [3.8, 4) is 28.8 Å². The van der Waals surface area contributed by atoms with E-state index in [-0.39, 0.29) is 4.90 Å². The van der Waals surface area contributed by atoms with Crippen molar-refractivity contribution in [1.29, 1.82) is 0 Å². The molecule has 11 heteroatoms. The SMILES string of the molecule is COc1ccc(CN2CCN(S(=O)(=O)c3cc(-c4ccno4)oc3C)CC2)c(OC)c1OC. The van der Waals surface area contributed by atoms with E-state index in [2.05, 4.69) is 10.1 Å². The predicted molar refractivity (Wildman–Crippen MR) is 119 cm³/mol. The van der Waals surface area contributed by atoms with Gasteiger partial charge in [-0.05, 0) is 13.0 Å². The summed E-state index contributed by atoms with van der Waals surface area (Å²) in [5.74, 6) is 2.78. The fourth-order valence-corrected chi connectivity index (χ4v) is 5.56. The number of piperazine rings is 1. The zero-order valence-corrected chi connectivity index (χ0v) is 19.8. The van der Waals surface area contributed by atoms with E-state index < -0.39 is 10.0 Å². The molecule has 1 aliphatic heterocycles. The van der Waals surface area contributed by atoms with Gasteiger partial charge in [-0.3, -0.25) is 4.90 Å². The number of ether oxygens (including phenoxy) is 3. The minimum Gasteiger partial charge on any atom is -0.493 e. The van der Waals surface area contributed by atoms with Crippen molar-refractivity contribution < 1.29 is 31.6 Å². The lowest BCUT2D eigenvalue weighted by Crippen LogP contribution is -2.48. The van der Waals surface area contributed by atoms with Gasteiger partial charge in [0.05, 0.1) is 27.5 Å². The lowest BCUT2D eigenvalue weighted by Gasteiger charge is -2.34. The molecule has 0 N–H and O–H groups in total. The molecule has 2 aromatic heterocycles. The largest absolute Gasteiger partial charge is 0.493 e. The topological polar surface area (TPSA) is 107 Å². The molecular weight excluding hydrogens is 450 g/mol. The smallest absolute Gasteiger partial charge is 0.246 e. The molecule has 0 bridgehead atoms. The first-order valence-electron chi connectivity index (χ1n) is 10.4. The summed E-state index contributed by atoms with van der Waals surface area (Å²) in [6.07, 6.45) is 1.48. The van der Waals surface area contributed by atoms with Crippen molar-refractivity contribution >= 4 is 10.0 Å². The molecule has 3 aromatic rings. The first kappa shape index (κ1) is 23.1. The van der Waals surface area contributed by atoms with Gasteiger partial charge in [0.25, 0.3) is 0 Å². The molecule has 33 heavy (non-hydrogen) atoms. The van der Waals surface area contributed by atoms with E-state index in [4.69, 9.17) is 23.2 Å². The maximum Gasteiger partial charge on any atom is 0.246 e. The van der Waals surface area contributed by atoms with Gasteiger partial charge in [0.1, 0.15) is 10.7 Å². The Morgan fingerprint density at radius 3 is 2.30 bits per heavy atom. The maximum absolute atomic E-state index is 13.3. The van der Waals surface area contributed by atoms with Crippen LogP contribution in [0.3, 0.4) is 0 Å². The molecule has 0 atom stereocenters. The molecule has 1 saturated heterocycles. The Hall–Kier alpha value is -3.02. The Bertz CT molecular complexity index is 1200. The van der Waals surface area contributed by atoms with Crippen LogP contribution in [0.15, 0.2) is 44.3 Å². The van der Waals surface area contributed by atoms with Gasteiger partial charge in [0, 0.05) is 50.4 Å². The van der Waals surface area contributed by atoms with Gasteiger partial charge in [-0.25, -0.2) is 8.42 Å². The maximum atomic E-state index is 13.3. The van der Waals surface area contributed by atoms with Gasteiger partial charge >= 0.3 is 0 Å². The zero-order chi connectivity index (χ0) is 23.6. The number of hydrogen-bond acceptors (Lipinski definition) is 9. The highest BCUT2D eigenvalue weighted by Gasteiger charge is 2.32. The van der Waals surface area contributed by atoms with Crippen LogP contribution in [0, 0.1) is 6.92 Å². The summed E-state index contributed by atoms with van der Waals surface area (Å²) in [6, 6.07) is 6.89. The molecule has 0 aliphatic carbocycles. The van der Waals surface area contributed by atoms with Crippen molar-refractivity contribution in [2.24, 2.45) is 0 Å². The summed E-state index contributed by atoms with van der Waals surface area (Å²) in [5, 5.41) is 3.64. The van der Waals surface area contributed by atoms with E-state index in [0.29, 0.717) is 67.3 Å². The minimum atomic E-state index is -3.70. The zero-order valence-electron chi connectivity index (χ0n) is 19.0. The quantitative estimate of drug-likeness (QED) is 0.484.